The standard InChI is InChI=1S/C18H24N2O/c19-11-13-5-7-14(8-6-13)18-10-9-17(20(18)12-21)15-3-1-2-4-16(15)18/h1-4,12-14,17H,5-11,19H2. The number of hydrogen-bond donors (Lipinski definition) is 1. The average Bonchev–Trinajstić information content (AvgIpc) is 3.07. The zero-order valence-electron chi connectivity index (χ0n) is 12.5. The molecular weight excluding hydrogens is 260 g/mol. The number of benzene rings is 1. The Morgan fingerprint density at radius 1 is 1.19 bits per heavy atom. The van der Waals surface area contributed by atoms with Crippen LogP contribution in [0.15, 0.2) is 24.3 Å². The molecule has 1 aromatic rings. The molecule has 3 aliphatic rings. The van der Waals surface area contributed by atoms with Crippen LogP contribution in [-0.4, -0.2) is 17.9 Å². The van der Waals surface area contributed by atoms with Crippen LogP contribution >= 0.6 is 0 Å². The number of rotatable bonds is 3. The largest absolute Gasteiger partial charge is 0.330 e. The minimum Gasteiger partial charge on any atom is -0.330 e. The summed E-state index contributed by atoms with van der Waals surface area (Å²) in [7, 11) is 0. The van der Waals surface area contributed by atoms with Gasteiger partial charge in [0.05, 0.1) is 11.6 Å². The average molecular weight is 284 g/mol. The van der Waals surface area contributed by atoms with Crippen LogP contribution in [0.5, 0.6) is 0 Å². The summed E-state index contributed by atoms with van der Waals surface area (Å²) in [4.78, 5) is 14.0. The van der Waals surface area contributed by atoms with E-state index in [0.29, 0.717) is 17.9 Å². The molecule has 0 aromatic heterocycles. The van der Waals surface area contributed by atoms with Crippen molar-refractivity contribution in [1.29, 1.82) is 0 Å². The molecule has 1 amide bonds. The molecule has 2 unspecified atom stereocenters. The molecule has 1 saturated carbocycles. The van der Waals surface area contributed by atoms with E-state index < -0.39 is 0 Å². The molecular formula is C18H24N2O. The fraction of sp³-hybridized carbons (Fsp3) is 0.611. The van der Waals surface area contributed by atoms with Crippen molar-refractivity contribution in [3.05, 3.63) is 35.4 Å². The molecule has 0 spiro atoms. The van der Waals surface area contributed by atoms with E-state index in [0.717, 1.165) is 25.8 Å². The number of amides is 1. The van der Waals surface area contributed by atoms with Crippen molar-refractivity contribution >= 4 is 6.41 Å². The Kier molecular flexibility index (Phi) is 3.07. The molecule has 2 fully saturated rings. The van der Waals surface area contributed by atoms with Gasteiger partial charge in [-0.05, 0) is 68.0 Å². The third-order valence-electron chi connectivity index (χ3n) is 6.35. The van der Waals surface area contributed by atoms with Gasteiger partial charge >= 0.3 is 0 Å². The van der Waals surface area contributed by atoms with Crippen LogP contribution in [0, 0.1) is 11.8 Å². The summed E-state index contributed by atoms with van der Waals surface area (Å²) < 4.78 is 0. The smallest absolute Gasteiger partial charge is 0.210 e. The van der Waals surface area contributed by atoms with Crippen molar-refractivity contribution in [3.63, 3.8) is 0 Å². The Labute approximate surface area is 126 Å². The summed E-state index contributed by atoms with van der Waals surface area (Å²) in [5, 5.41) is 0. The molecule has 3 heteroatoms. The highest BCUT2D eigenvalue weighted by molar-refractivity contribution is 5.59. The SMILES string of the molecule is NCC1CCC(C23CCC(c4ccccc42)N3C=O)CC1. The maximum atomic E-state index is 11.8. The predicted octanol–water partition coefficient (Wildman–Crippen LogP) is 2.95. The van der Waals surface area contributed by atoms with E-state index in [-0.39, 0.29) is 5.54 Å². The van der Waals surface area contributed by atoms with E-state index in [1.165, 1.54) is 36.8 Å². The maximum Gasteiger partial charge on any atom is 0.210 e. The molecule has 1 aliphatic carbocycles. The van der Waals surface area contributed by atoms with Gasteiger partial charge < -0.3 is 10.6 Å². The lowest BCUT2D eigenvalue weighted by Crippen LogP contribution is -2.45. The minimum atomic E-state index is -0.0113. The monoisotopic (exact) mass is 284 g/mol. The van der Waals surface area contributed by atoms with Crippen LogP contribution in [0.2, 0.25) is 0 Å². The lowest BCUT2D eigenvalue weighted by atomic mass is 9.66. The van der Waals surface area contributed by atoms with Crippen molar-refractivity contribution in [1.82, 2.24) is 4.90 Å². The minimum absolute atomic E-state index is 0.0113. The lowest BCUT2D eigenvalue weighted by Gasteiger charge is -2.44. The molecule has 1 aromatic carbocycles. The van der Waals surface area contributed by atoms with Gasteiger partial charge in [-0.2, -0.15) is 0 Å². The highest BCUT2D eigenvalue weighted by Crippen LogP contribution is 2.61. The second-order valence-electron chi connectivity index (χ2n) is 7.03. The number of nitrogens with zero attached hydrogens (tertiary/aromatic N) is 1. The summed E-state index contributed by atoms with van der Waals surface area (Å²) in [6, 6.07) is 9.06. The second kappa shape index (κ2) is 4.84. The Hall–Kier alpha value is -1.35. The van der Waals surface area contributed by atoms with Crippen molar-refractivity contribution in [2.75, 3.05) is 6.54 Å². The van der Waals surface area contributed by atoms with Crippen molar-refractivity contribution in [2.45, 2.75) is 50.1 Å². The quantitative estimate of drug-likeness (QED) is 0.867. The third-order valence-corrected chi connectivity index (χ3v) is 6.35. The van der Waals surface area contributed by atoms with E-state index in [4.69, 9.17) is 5.73 Å². The van der Waals surface area contributed by atoms with Crippen molar-refractivity contribution in [3.8, 4) is 0 Å². The normalized spacial score (nSPS) is 37.6. The Morgan fingerprint density at radius 2 is 1.95 bits per heavy atom. The number of hydrogen-bond acceptors (Lipinski definition) is 2. The van der Waals surface area contributed by atoms with E-state index in [2.05, 4.69) is 29.2 Å². The van der Waals surface area contributed by atoms with Crippen LogP contribution in [0.1, 0.15) is 55.7 Å². The molecule has 3 nitrogen and oxygen atoms in total. The summed E-state index contributed by atoms with van der Waals surface area (Å²) >= 11 is 0. The number of nitrogens with two attached hydrogens (primary N) is 1. The first-order chi connectivity index (χ1) is 10.3. The molecule has 0 radical (unpaired) electrons. The summed E-state index contributed by atoms with van der Waals surface area (Å²) in [5.74, 6) is 1.30. The highest BCUT2D eigenvalue weighted by atomic mass is 16.1. The van der Waals surface area contributed by atoms with Crippen LogP contribution in [-0.2, 0) is 10.3 Å². The molecule has 4 rings (SSSR count). The molecule has 2 aliphatic heterocycles. The lowest BCUT2D eigenvalue weighted by molar-refractivity contribution is -0.126. The fourth-order valence-corrected chi connectivity index (χ4v) is 5.34. The molecule has 1 saturated heterocycles. The number of carbonyl (C=O) groups is 1. The number of fused-ring (bicyclic) bond motifs is 5. The maximum absolute atomic E-state index is 11.8. The molecule has 112 valence electrons. The zero-order valence-corrected chi connectivity index (χ0v) is 12.5. The van der Waals surface area contributed by atoms with Gasteiger partial charge in [0.2, 0.25) is 6.41 Å². The van der Waals surface area contributed by atoms with Crippen molar-refractivity contribution < 1.29 is 4.79 Å². The molecule has 2 heterocycles. The van der Waals surface area contributed by atoms with Gasteiger partial charge in [0.1, 0.15) is 0 Å². The van der Waals surface area contributed by atoms with Crippen LogP contribution in [0.3, 0.4) is 0 Å². The van der Waals surface area contributed by atoms with Gasteiger partial charge in [0.15, 0.2) is 0 Å². The van der Waals surface area contributed by atoms with Gasteiger partial charge in [0.25, 0.3) is 0 Å². The highest BCUT2D eigenvalue weighted by Gasteiger charge is 2.58. The summed E-state index contributed by atoms with van der Waals surface area (Å²) in [5.41, 5.74) is 8.66. The van der Waals surface area contributed by atoms with Crippen molar-refractivity contribution in [2.24, 2.45) is 17.6 Å². The third kappa shape index (κ3) is 1.67. The first kappa shape index (κ1) is 13.3. The topological polar surface area (TPSA) is 46.3 Å². The van der Waals surface area contributed by atoms with Gasteiger partial charge in [-0.15, -0.1) is 0 Å². The summed E-state index contributed by atoms with van der Waals surface area (Å²) in [6.07, 6.45) is 8.27. The zero-order chi connectivity index (χ0) is 14.4. The Morgan fingerprint density at radius 3 is 2.67 bits per heavy atom. The second-order valence-corrected chi connectivity index (χ2v) is 7.03. The molecule has 21 heavy (non-hydrogen) atoms. The van der Waals surface area contributed by atoms with E-state index in [1.807, 2.05) is 0 Å². The van der Waals surface area contributed by atoms with Crippen LogP contribution in [0.25, 0.3) is 0 Å². The van der Waals surface area contributed by atoms with E-state index in [9.17, 15) is 4.79 Å². The molecule has 2 N–H and O–H groups in total. The predicted molar refractivity (Wildman–Crippen MR) is 82.5 cm³/mol. The van der Waals surface area contributed by atoms with Crippen LogP contribution < -0.4 is 5.73 Å². The molecule has 2 bridgehead atoms. The first-order valence-corrected chi connectivity index (χ1v) is 8.34. The Bertz CT molecular complexity index is 550. The first-order valence-electron chi connectivity index (χ1n) is 8.34. The molecule has 2 atom stereocenters. The number of carbonyl (C=O) groups excluding carboxylic acids is 1. The summed E-state index contributed by atoms with van der Waals surface area (Å²) in [6.45, 7) is 0.816. The van der Waals surface area contributed by atoms with E-state index >= 15 is 0 Å². The van der Waals surface area contributed by atoms with Crippen LogP contribution in [0.4, 0.5) is 0 Å². The van der Waals surface area contributed by atoms with E-state index in [1.54, 1.807) is 0 Å². The Balaban J connectivity index is 1.73. The van der Waals surface area contributed by atoms with Gasteiger partial charge in [-0.25, -0.2) is 0 Å². The van der Waals surface area contributed by atoms with Gasteiger partial charge in [-0.1, -0.05) is 24.3 Å². The fourth-order valence-electron chi connectivity index (χ4n) is 5.34. The van der Waals surface area contributed by atoms with Gasteiger partial charge in [-0.3, -0.25) is 4.79 Å². The van der Waals surface area contributed by atoms with Gasteiger partial charge in [0, 0.05) is 0 Å².